The summed E-state index contributed by atoms with van der Waals surface area (Å²) >= 11 is 0. The second-order valence-electron chi connectivity index (χ2n) is 3.87. The maximum Gasteiger partial charge on any atom is 0.0948 e. The Labute approximate surface area is 84.9 Å². The van der Waals surface area contributed by atoms with Gasteiger partial charge in [0.15, 0.2) is 0 Å². The second kappa shape index (κ2) is 4.62. The highest BCUT2D eigenvalue weighted by Gasteiger charge is 2.17. The van der Waals surface area contributed by atoms with Gasteiger partial charge in [0.2, 0.25) is 0 Å². The molecule has 2 N–H and O–H groups in total. The van der Waals surface area contributed by atoms with Crippen LogP contribution in [0.1, 0.15) is 31.6 Å². The van der Waals surface area contributed by atoms with Crippen LogP contribution in [0, 0.1) is 0 Å². The summed E-state index contributed by atoms with van der Waals surface area (Å²) in [7, 11) is 0. The molecule has 0 radical (unpaired) electrons. The highest BCUT2D eigenvalue weighted by atomic mass is 16.5. The van der Waals surface area contributed by atoms with Gasteiger partial charge in [0.05, 0.1) is 12.2 Å². The molecular weight excluding hydrogens is 176 g/mol. The van der Waals surface area contributed by atoms with Gasteiger partial charge in [-0.15, -0.1) is 0 Å². The van der Waals surface area contributed by atoms with Crippen molar-refractivity contribution in [2.75, 3.05) is 13.1 Å². The lowest BCUT2D eigenvalue weighted by Gasteiger charge is -2.26. The molecule has 2 rings (SSSR count). The molecule has 1 aromatic heterocycles. The summed E-state index contributed by atoms with van der Waals surface area (Å²) in [6.45, 7) is 4.22. The van der Waals surface area contributed by atoms with Gasteiger partial charge in [-0.05, 0) is 38.4 Å². The van der Waals surface area contributed by atoms with Gasteiger partial charge in [-0.2, -0.15) is 0 Å². The van der Waals surface area contributed by atoms with Gasteiger partial charge in [0.25, 0.3) is 0 Å². The molecule has 0 bridgehead atoms. The zero-order chi connectivity index (χ0) is 9.80. The molecule has 3 nitrogen and oxygen atoms in total. The average molecular weight is 194 g/mol. The van der Waals surface area contributed by atoms with Crippen molar-refractivity contribution in [1.29, 1.82) is 0 Å². The Balaban J connectivity index is 1.84. The molecule has 0 saturated carbocycles. The zero-order valence-electron chi connectivity index (χ0n) is 8.62. The number of hydrogen-bond acceptors (Lipinski definition) is 2. The van der Waals surface area contributed by atoms with Gasteiger partial charge < -0.3 is 15.0 Å². The molecule has 78 valence electrons. The van der Waals surface area contributed by atoms with E-state index >= 15 is 0 Å². The summed E-state index contributed by atoms with van der Waals surface area (Å²) < 4.78 is 5.94. The number of ether oxygens (including phenoxy) is 1. The molecule has 2 heterocycles. The lowest BCUT2D eigenvalue weighted by atomic mass is 10.1. The molecule has 14 heavy (non-hydrogen) atoms. The fourth-order valence-corrected chi connectivity index (χ4v) is 1.90. The summed E-state index contributed by atoms with van der Waals surface area (Å²) in [5, 5.41) is 3.35. The Kier molecular flexibility index (Phi) is 3.22. The molecule has 2 atom stereocenters. The molecule has 1 saturated heterocycles. The Morgan fingerprint density at radius 1 is 1.57 bits per heavy atom. The van der Waals surface area contributed by atoms with Crippen molar-refractivity contribution in [2.24, 2.45) is 0 Å². The summed E-state index contributed by atoms with van der Waals surface area (Å²) in [6.07, 6.45) is 4.89. The summed E-state index contributed by atoms with van der Waals surface area (Å²) in [4.78, 5) is 3.18. The Hall–Kier alpha value is -0.800. The van der Waals surface area contributed by atoms with Gasteiger partial charge in [-0.25, -0.2) is 0 Å². The Bertz CT molecular complexity index is 252. The molecule has 1 aliphatic rings. The number of hydrogen-bond donors (Lipinski definition) is 2. The van der Waals surface area contributed by atoms with Gasteiger partial charge in [-0.1, -0.05) is 0 Å². The monoisotopic (exact) mass is 194 g/mol. The maximum absolute atomic E-state index is 5.94. The number of piperidine rings is 1. The minimum absolute atomic E-state index is 0.176. The normalized spacial score (nSPS) is 24.8. The third-order valence-corrected chi connectivity index (χ3v) is 2.71. The van der Waals surface area contributed by atoms with Gasteiger partial charge in [0.1, 0.15) is 0 Å². The van der Waals surface area contributed by atoms with E-state index in [0.717, 1.165) is 18.8 Å². The standard InChI is InChI=1S/C11H18N2O/c1-9(11-5-3-7-13-11)14-10-4-2-6-12-8-10/h3,5,7,9-10,12-13H,2,4,6,8H2,1H3/t9-,10+/m1/s1. The number of rotatable bonds is 3. The third-order valence-electron chi connectivity index (χ3n) is 2.71. The van der Waals surface area contributed by atoms with Crippen LogP contribution in [-0.4, -0.2) is 24.2 Å². The number of aromatic amines is 1. The quantitative estimate of drug-likeness (QED) is 0.770. The molecule has 1 aromatic rings. The smallest absolute Gasteiger partial charge is 0.0948 e. The topological polar surface area (TPSA) is 37.0 Å². The van der Waals surface area contributed by atoms with Crippen LogP contribution in [0.5, 0.6) is 0 Å². The van der Waals surface area contributed by atoms with E-state index in [1.54, 1.807) is 0 Å². The van der Waals surface area contributed by atoms with E-state index in [2.05, 4.69) is 23.3 Å². The average Bonchev–Trinajstić information content (AvgIpc) is 2.72. The molecule has 0 aliphatic carbocycles. The van der Waals surface area contributed by atoms with Crippen molar-refractivity contribution < 1.29 is 4.74 Å². The van der Waals surface area contributed by atoms with E-state index in [9.17, 15) is 0 Å². The van der Waals surface area contributed by atoms with Crippen LogP contribution in [0.2, 0.25) is 0 Å². The predicted molar refractivity (Wildman–Crippen MR) is 56.2 cm³/mol. The maximum atomic E-state index is 5.94. The molecule has 1 aliphatic heterocycles. The van der Waals surface area contributed by atoms with E-state index in [0.29, 0.717) is 6.10 Å². The van der Waals surface area contributed by atoms with Crippen molar-refractivity contribution in [3.05, 3.63) is 24.0 Å². The van der Waals surface area contributed by atoms with Crippen LogP contribution in [-0.2, 0) is 4.74 Å². The SMILES string of the molecule is C[C@@H](O[C@H]1CCCNC1)c1ccc[nH]1. The molecule has 0 unspecified atom stereocenters. The van der Waals surface area contributed by atoms with Crippen molar-refractivity contribution in [1.82, 2.24) is 10.3 Å². The van der Waals surface area contributed by atoms with Gasteiger partial charge in [0, 0.05) is 18.4 Å². The number of aromatic nitrogens is 1. The van der Waals surface area contributed by atoms with Crippen LogP contribution in [0.3, 0.4) is 0 Å². The van der Waals surface area contributed by atoms with Crippen molar-refractivity contribution in [2.45, 2.75) is 32.0 Å². The number of H-pyrrole nitrogens is 1. The molecule has 0 aromatic carbocycles. The molecule has 0 amide bonds. The largest absolute Gasteiger partial charge is 0.368 e. The fraction of sp³-hybridized carbons (Fsp3) is 0.636. The van der Waals surface area contributed by atoms with Crippen LogP contribution < -0.4 is 5.32 Å². The minimum Gasteiger partial charge on any atom is -0.368 e. The lowest BCUT2D eigenvalue weighted by Crippen LogP contribution is -2.35. The first-order valence-electron chi connectivity index (χ1n) is 5.36. The molecule has 3 heteroatoms. The first-order chi connectivity index (χ1) is 6.86. The predicted octanol–water partition coefficient (Wildman–Crippen LogP) is 1.84. The summed E-state index contributed by atoms with van der Waals surface area (Å²) in [5.74, 6) is 0. The van der Waals surface area contributed by atoms with Crippen molar-refractivity contribution in [3.8, 4) is 0 Å². The first kappa shape index (κ1) is 9.74. The van der Waals surface area contributed by atoms with E-state index in [4.69, 9.17) is 4.74 Å². The molecule has 0 spiro atoms. The highest BCUT2D eigenvalue weighted by molar-refractivity contribution is 5.06. The van der Waals surface area contributed by atoms with Crippen molar-refractivity contribution >= 4 is 0 Å². The van der Waals surface area contributed by atoms with E-state index in [1.165, 1.54) is 12.8 Å². The second-order valence-corrected chi connectivity index (χ2v) is 3.87. The summed E-state index contributed by atoms with van der Waals surface area (Å²) in [6, 6.07) is 4.08. The van der Waals surface area contributed by atoms with Crippen LogP contribution in [0.15, 0.2) is 18.3 Å². The van der Waals surface area contributed by atoms with E-state index in [-0.39, 0.29) is 6.10 Å². The molecule has 1 fully saturated rings. The van der Waals surface area contributed by atoms with E-state index < -0.39 is 0 Å². The Morgan fingerprint density at radius 2 is 2.50 bits per heavy atom. The first-order valence-corrected chi connectivity index (χ1v) is 5.36. The van der Waals surface area contributed by atoms with Gasteiger partial charge >= 0.3 is 0 Å². The fourth-order valence-electron chi connectivity index (χ4n) is 1.90. The van der Waals surface area contributed by atoms with Crippen molar-refractivity contribution in [3.63, 3.8) is 0 Å². The highest BCUT2D eigenvalue weighted by Crippen LogP contribution is 2.19. The van der Waals surface area contributed by atoms with E-state index in [1.807, 2.05) is 12.3 Å². The van der Waals surface area contributed by atoms with Gasteiger partial charge in [-0.3, -0.25) is 0 Å². The zero-order valence-corrected chi connectivity index (χ0v) is 8.62. The minimum atomic E-state index is 0.176. The third kappa shape index (κ3) is 2.36. The van der Waals surface area contributed by atoms with Crippen LogP contribution >= 0.6 is 0 Å². The van der Waals surface area contributed by atoms with Crippen LogP contribution in [0.4, 0.5) is 0 Å². The Morgan fingerprint density at radius 3 is 3.14 bits per heavy atom. The lowest BCUT2D eigenvalue weighted by molar-refractivity contribution is -0.0167. The summed E-state index contributed by atoms with van der Waals surface area (Å²) in [5.41, 5.74) is 1.16. The van der Waals surface area contributed by atoms with Crippen LogP contribution in [0.25, 0.3) is 0 Å². The molecular formula is C11H18N2O. The number of nitrogens with one attached hydrogen (secondary N) is 2.